The third-order valence-corrected chi connectivity index (χ3v) is 7.80. The number of carbonyl (C=O) groups is 2. The Labute approximate surface area is 185 Å². The van der Waals surface area contributed by atoms with E-state index in [-0.39, 0.29) is 24.0 Å². The van der Waals surface area contributed by atoms with Gasteiger partial charge in [-0.3, -0.25) is 9.59 Å². The Morgan fingerprint density at radius 2 is 2.00 bits per heavy atom. The van der Waals surface area contributed by atoms with Crippen LogP contribution in [-0.4, -0.2) is 56.2 Å². The smallest absolute Gasteiger partial charge is 0.310 e. The Hall–Kier alpha value is -1.94. The number of rotatable bonds is 7. The SMILES string of the molecule is CN(Cc1ccsc1)C(=O)COC(=O)C1CCCN(S(=O)(=O)c2ccc(Cl)cc2)C1. The number of hydrogen-bond acceptors (Lipinski definition) is 6. The number of esters is 1. The van der Waals surface area contributed by atoms with Gasteiger partial charge in [0, 0.05) is 31.7 Å². The third-order valence-electron chi connectivity index (χ3n) is 4.93. The van der Waals surface area contributed by atoms with E-state index in [1.807, 2.05) is 16.8 Å². The predicted molar refractivity (Wildman–Crippen MR) is 115 cm³/mol. The quantitative estimate of drug-likeness (QED) is 0.581. The highest BCUT2D eigenvalue weighted by molar-refractivity contribution is 7.89. The molecule has 0 bridgehead atoms. The molecule has 0 saturated carbocycles. The highest BCUT2D eigenvalue weighted by Gasteiger charge is 2.34. The van der Waals surface area contributed by atoms with Crippen molar-refractivity contribution in [2.24, 2.45) is 5.92 Å². The molecule has 1 unspecified atom stereocenters. The number of nitrogens with zero attached hydrogens (tertiary/aromatic N) is 2. The number of piperidine rings is 1. The second-order valence-corrected chi connectivity index (χ2v) is 10.3. The number of sulfonamides is 1. The van der Waals surface area contributed by atoms with E-state index in [9.17, 15) is 18.0 Å². The molecule has 1 fully saturated rings. The average Bonchev–Trinajstić information content (AvgIpc) is 3.25. The minimum Gasteiger partial charge on any atom is -0.455 e. The van der Waals surface area contributed by atoms with Crippen LogP contribution in [0.1, 0.15) is 18.4 Å². The Morgan fingerprint density at radius 3 is 2.67 bits per heavy atom. The topological polar surface area (TPSA) is 84.0 Å². The first kappa shape index (κ1) is 22.7. The third kappa shape index (κ3) is 5.60. The number of benzene rings is 1. The maximum absolute atomic E-state index is 12.8. The predicted octanol–water partition coefficient (Wildman–Crippen LogP) is 3.00. The number of halogens is 1. The normalized spacial score (nSPS) is 17.5. The fraction of sp³-hybridized carbons (Fsp3) is 0.400. The van der Waals surface area contributed by atoms with Gasteiger partial charge in [0.2, 0.25) is 10.0 Å². The summed E-state index contributed by atoms with van der Waals surface area (Å²) < 4.78 is 32.2. The molecule has 1 saturated heterocycles. The Bertz CT molecular complexity index is 977. The van der Waals surface area contributed by atoms with Gasteiger partial charge in [0.1, 0.15) is 0 Å². The molecular formula is C20H23ClN2O5S2. The zero-order valence-corrected chi connectivity index (χ0v) is 18.9. The summed E-state index contributed by atoms with van der Waals surface area (Å²) in [5, 5.41) is 4.33. The molecule has 162 valence electrons. The highest BCUT2D eigenvalue weighted by Crippen LogP contribution is 2.25. The first-order valence-electron chi connectivity index (χ1n) is 9.45. The summed E-state index contributed by atoms with van der Waals surface area (Å²) in [4.78, 5) is 26.3. The zero-order chi connectivity index (χ0) is 21.7. The van der Waals surface area contributed by atoms with Gasteiger partial charge in [0.15, 0.2) is 6.61 Å². The summed E-state index contributed by atoms with van der Waals surface area (Å²) in [7, 11) is -2.08. The van der Waals surface area contributed by atoms with Gasteiger partial charge in [0.05, 0.1) is 10.8 Å². The van der Waals surface area contributed by atoms with E-state index >= 15 is 0 Å². The molecule has 0 aliphatic carbocycles. The van der Waals surface area contributed by atoms with Gasteiger partial charge in [0.25, 0.3) is 5.91 Å². The van der Waals surface area contributed by atoms with E-state index in [1.54, 1.807) is 18.4 Å². The van der Waals surface area contributed by atoms with Crippen LogP contribution < -0.4 is 0 Å². The molecule has 1 amide bonds. The van der Waals surface area contributed by atoms with Crippen LogP contribution in [0.2, 0.25) is 5.02 Å². The molecule has 0 N–H and O–H groups in total. The van der Waals surface area contributed by atoms with Crippen molar-refractivity contribution in [1.82, 2.24) is 9.21 Å². The lowest BCUT2D eigenvalue weighted by Crippen LogP contribution is -2.43. The number of carbonyl (C=O) groups excluding carboxylic acids is 2. The summed E-state index contributed by atoms with van der Waals surface area (Å²) in [5.41, 5.74) is 1.01. The molecule has 1 atom stereocenters. The van der Waals surface area contributed by atoms with Gasteiger partial charge in [-0.05, 0) is 59.5 Å². The summed E-state index contributed by atoms with van der Waals surface area (Å²) in [6.45, 7) is 0.441. The molecule has 1 aromatic heterocycles. The fourth-order valence-corrected chi connectivity index (χ4v) is 5.52. The molecule has 0 spiro atoms. The molecule has 2 aromatic rings. The van der Waals surface area contributed by atoms with Crippen LogP contribution in [-0.2, 0) is 30.9 Å². The van der Waals surface area contributed by atoms with Crippen LogP contribution in [0.3, 0.4) is 0 Å². The van der Waals surface area contributed by atoms with Crippen molar-refractivity contribution in [2.75, 3.05) is 26.7 Å². The summed E-state index contributed by atoms with van der Waals surface area (Å²) in [6, 6.07) is 7.85. The summed E-state index contributed by atoms with van der Waals surface area (Å²) in [5.74, 6) is -1.46. The number of ether oxygens (including phenoxy) is 1. The largest absolute Gasteiger partial charge is 0.455 e. The standard InChI is InChI=1S/C20H23ClN2O5S2/c1-22(11-15-8-10-29-14-15)19(24)13-28-20(25)16-3-2-9-23(12-16)30(26,27)18-6-4-17(21)5-7-18/h4-8,10,14,16H,2-3,9,11-13H2,1H3. The Morgan fingerprint density at radius 1 is 1.27 bits per heavy atom. The lowest BCUT2D eigenvalue weighted by Gasteiger charge is -2.30. The molecule has 3 rings (SSSR count). The van der Waals surface area contributed by atoms with E-state index in [2.05, 4.69) is 0 Å². The minimum atomic E-state index is -3.73. The maximum atomic E-state index is 12.8. The lowest BCUT2D eigenvalue weighted by molar-refractivity contribution is -0.156. The van der Waals surface area contributed by atoms with Crippen LogP contribution in [0.4, 0.5) is 0 Å². The Kier molecular flexibility index (Phi) is 7.51. The van der Waals surface area contributed by atoms with Gasteiger partial charge >= 0.3 is 5.97 Å². The molecule has 1 aliphatic rings. The molecule has 0 radical (unpaired) electrons. The van der Waals surface area contributed by atoms with E-state index in [4.69, 9.17) is 16.3 Å². The molecule has 2 heterocycles. The first-order valence-corrected chi connectivity index (χ1v) is 12.2. The Balaban J connectivity index is 1.55. The fourth-order valence-electron chi connectivity index (χ4n) is 3.21. The van der Waals surface area contributed by atoms with Gasteiger partial charge in [-0.2, -0.15) is 15.6 Å². The zero-order valence-electron chi connectivity index (χ0n) is 16.5. The molecular weight excluding hydrogens is 448 g/mol. The number of amides is 1. The highest BCUT2D eigenvalue weighted by atomic mass is 35.5. The first-order chi connectivity index (χ1) is 14.3. The van der Waals surface area contributed by atoms with Gasteiger partial charge in [-0.1, -0.05) is 11.6 Å². The lowest BCUT2D eigenvalue weighted by atomic mass is 10.00. The van der Waals surface area contributed by atoms with Crippen LogP contribution >= 0.6 is 22.9 Å². The van der Waals surface area contributed by atoms with Crippen molar-refractivity contribution in [3.05, 3.63) is 51.7 Å². The van der Waals surface area contributed by atoms with Crippen molar-refractivity contribution in [3.63, 3.8) is 0 Å². The molecule has 1 aliphatic heterocycles. The van der Waals surface area contributed by atoms with Crippen molar-refractivity contribution in [2.45, 2.75) is 24.3 Å². The maximum Gasteiger partial charge on any atom is 0.310 e. The van der Waals surface area contributed by atoms with Gasteiger partial charge < -0.3 is 9.64 Å². The number of likely N-dealkylation sites (N-methyl/N-ethyl adjacent to an activating group) is 1. The second-order valence-electron chi connectivity index (χ2n) is 7.15. The second kappa shape index (κ2) is 9.91. The van der Waals surface area contributed by atoms with Crippen LogP contribution in [0.15, 0.2) is 46.0 Å². The van der Waals surface area contributed by atoms with Crippen LogP contribution in [0, 0.1) is 5.92 Å². The molecule has 10 heteroatoms. The van der Waals surface area contributed by atoms with Gasteiger partial charge in [-0.25, -0.2) is 8.42 Å². The van der Waals surface area contributed by atoms with E-state index < -0.39 is 21.9 Å². The number of hydrogen-bond donors (Lipinski definition) is 0. The van der Waals surface area contributed by atoms with E-state index in [0.717, 1.165) is 5.56 Å². The van der Waals surface area contributed by atoms with Gasteiger partial charge in [-0.15, -0.1) is 0 Å². The molecule has 1 aromatic carbocycles. The van der Waals surface area contributed by atoms with Crippen molar-refractivity contribution < 1.29 is 22.7 Å². The average molecular weight is 471 g/mol. The molecule has 7 nitrogen and oxygen atoms in total. The van der Waals surface area contributed by atoms with Crippen LogP contribution in [0.5, 0.6) is 0 Å². The van der Waals surface area contributed by atoms with Crippen LogP contribution in [0.25, 0.3) is 0 Å². The minimum absolute atomic E-state index is 0.0305. The van der Waals surface area contributed by atoms with E-state index in [1.165, 1.54) is 33.5 Å². The van der Waals surface area contributed by atoms with Crippen molar-refractivity contribution in [3.8, 4) is 0 Å². The number of thiophene rings is 1. The van der Waals surface area contributed by atoms with E-state index in [0.29, 0.717) is 31.0 Å². The summed E-state index contributed by atoms with van der Waals surface area (Å²) in [6.07, 6.45) is 1.06. The van der Waals surface area contributed by atoms with Crippen molar-refractivity contribution in [1.29, 1.82) is 0 Å². The monoisotopic (exact) mass is 470 g/mol. The van der Waals surface area contributed by atoms with Crippen molar-refractivity contribution >= 4 is 44.8 Å². The molecule has 30 heavy (non-hydrogen) atoms. The summed E-state index contributed by atoms with van der Waals surface area (Å²) >= 11 is 7.38.